The van der Waals surface area contributed by atoms with E-state index in [1.165, 1.54) is 17.3 Å². The Morgan fingerprint density at radius 2 is 1.95 bits per heavy atom. The SMILES string of the molecule is Cl.Nc1cccc2c1CCCN2CCOc1ccccc1F. The number of rotatable bonds is 4. The van der Waals surface area contributed by atoms with E-state index < -0.39 is 0 Å². The van der Waals surface area contributed by atoms with Crippen LogP contribution < -0.4 is 15.4 Å². The molecule has 1 aliphatic heterocycles. The van der Waals surface area contributed by atoms with E-state index in [1.807, 2.05) is 12.1 Å². The van der Waals surface area contributed by atoms with E-state index in [-0.39, 0.29) is 18.2 Å². The summed E-state index contributed by atoms with van der Waals surface area (Å²) < 4.78 is 19.0. The molecule has 3 nitrogen and oxygen atoms in total. The summed E-state index contributed by atoms with van der Waals surface area (Å²) >= 11 is 0. The van der Waals surface area contributed by atoms with Crippen LogP contribution in [0.2, 0.25) is 0 Å². The smallest absolute Gasteiger partial charge is 0.165 e. The van der Waals surface area contributed by atoms with Crippen molar-refractivity contribution in [1.29, 1.82) is 0 Å². The van der Waals surface area contributed by atoms with Crippen molar-refractivity contribution in [2.75, 3.05) is 30.3 Å². The Balaban J connectivity index is 0.00000176. The van der Waals surface area contributed by atoms with E-state index in [4.69, 9.17) is 10.5 Å². The summed E-state index contributed by atoms with van der Waals surface area (Å²) in [5.74, 6) is -0.0110. The maximum absolute atomic E-state index is 13.5. The van der Waals surface area contributed by atoms with Crippen LogP contribution in [0.3, 0.4) is 0 Å². The number of halogens is 2. The standard InChI is InChI=1S/C17H19FN2O.ClH/c18-14-6-1-2-9-17(14)21-12-11-20-10-4-5-13-15(19)7-3-8-16(13)20;/h1-3,6-9H,4-5,10-12,19H2;1H. The zero-order valence-electron chi connectivity index (χ0n) is 12.3. The average molecular weight is 323 g/mol. The van der Waals surface area contributed by atoms with Crippen molar-refractivity contribution in [2.24, 2.45) is 0 Å². The number of fused-ring (bicyclic) bond motifs is 1. The quantitative estimate of drug-likeness (QED) is 0.873. The fraction of sp³-hybridized carbons (Fsp3) is 0.294. The Labute approximate surface area is 136 Å². The van der Waals surface area contributed by atoms with Crippen molar-refractivity contribution >= 4 is 23.8 Å². The zero-order chi connectivity index (χ0) is 14.7. The third-order valence-electron chi connectivity index (χ3n) is 3.84. The molecule has 2 aromatic carbocycles. The maximum atomic E-state index is 13.5. The van der Waals surface area contributed by atoms with Gasteiger partial charge in [-0.1, -0.05) is 18.2 Å². The first kappa shape index (κ1) is 16.4. The first-order valence-electron chi connectivity index (χ1n) is 7.25. The van der Waals surface area contributed by atoms with Crippen LogP contribution in [0, 0.1) is 5.82 Å². The van der Waals surface area contributed by atoms with Crippen molar-refractivity contribution in [3.63, 3.8) is 0 Å². The van der Waals surface area contributed by atoms with Gasteiger partial charge >= 0.3 is 0 Å². The number of nitrogens with two attached hydrogens (primary N) is 1. The molecule has 118 valence electrons. The van der Waals surface area contributed by atoms with Crippen LogP contribution in [0.4, 0.5) is 15.8 Å². The molecule has 0 amide bonds. The molecule has 0 aromatic heterocycles. The topological polar surface area (TPSA) is 38.5 Å². The highest BCUT2D eigenvalue weighted by Crippen LogP contribution is 2.31. The Morgan fingerprint density at radius 3 is 2.77 bits per heavy atom. The zero-order valence-corrected chi connectivity index (χ0v) is 13.1. The maximum Gasteiger partial charge on any atom is 0.165 e. The molecular formula is C17H20ClFN2O. The summed E-state index contributed by atoms with van der Waals surface area (Å²) in [6, 6.07) is 12.5. The summed E-state index contributed by atoms with van der Waals surface area (Å²) in [5.41, 5.74) is 9.29. The number of ether oxygens (including phenoxy) is 1. The highest BCUT2D eigenvalue weighted by molar-refractivity contribution is 5.85. The molecule has 0 spiro atoms. The fourth-order valence-corrected chi connectivity index (χ4v) is 2.79. The molecule has 0 saturated carbocycles. The van der Waals surface area contributed by atoms with Gasteiger partial charge in [-0.3, -0.25) is 0 Å². The van der Waals surface area contributed by atoms with Gasteiger partial charge in [0.1, 0.15) is 6.61 Å². The van der Waals surface area contributed by atoms with Crippen LogP contribution in [0.1, 0.15) is 12.0 Å². The van der Waals surface area contributed by atoms with Crippen molar-refractivity contribution in [2.45, 2.75) is 12.8 Å². The van der Waals surface area contributed by atoms with E-state index in [9.17, 15) is 4.39 Å². The Kier molecular flexibility index (Phi) is 5.50. The van der Waals surface area contributed by atoms with E-state index in [0.29, 0.717) is 12.4 Å². The lowest BCUT2D eigenvalue weighted by Crippen LogP contribution is -2.33. The number of nitrogens with zero attached hydrogens (tertiary/aromatic N) is 1. The highest BCUT2D eigenvalue weighted by Gasteiger charge is 2.18. The summed E-state index contributed by atoms with van der Waals surface area (Å²) in [5, 5.41) is 0. The monoisotopic (exact) mass is 322 g/mol. The Bertz CT molecular complexity index is 636. The van der Waals surface area contributed by atoms with Gasteiger partial charge < -0.3 is 15.4 Å². The van der Waals surface area contributed by atoms with Crippen molar-refractivity contribution in [1.82, 2.24) is 0 Å². The van der Waals surface area contributed by atoms with Crippen LogP contribution in [0.25, 0.3) is 0 Å². The minimum atomic E-state index is -0.319. The van der Waals surface area contributed by atoms with Crippen molar-refractivity contribution in [3.05, 3.63) is 53.8 Å². The normalized spacial score (nSPS) is 13.2. The van der Waals surface area contributed by atoms with Gasteiger partial charge in [0.15, 0.2) is 11.6 Å². The first-order chi connectivity index (χ1) is 10.3. The molecule has 3 rings (SSSR count). The molecule has 0 atom stereocenters. The number of hydrogen-bond donors (Lipinski definition) is 1. The van der Waals surface area contributed by atoms with E-state index in [0.717, 1.165) is 31.6 Å². The Hall–Kier alpha value is -1.94. The molecule has 1 aliphatic rings. The minimum absolute atomic E-state index is 0. The molecule has 22 heavy (non-hydrogen) atoms. The van der Waals surface area contributed by atoms with Crippen molar-refractivity contribution < 1.29 is 9.13 Å². The largest absolute Gasteiger partial charge is 0.489 e. The lowest BCUT2D eigenvalue weighted by Gasteiger charge is -2.31. The van der Waals surface area contributed by atoms with Crippen LogP contribution in [0.5, 0.6) is 5.75 Å². The molecule has 5 heteroatoms. The van der Waals surface area contributed by atoms with Crippen LogP contribution in [0.15, 0.2) is 42.5 Å². The molecule has 2 aromatic rings. The van der Waals surface area contributed by atoms with Gasteiger partial charge in [0.05, 0.1) is 6.54 Å². The number of para-hydroxylation sites is 1. The predicted octanol–water partition coefficient (Wildman–Crippen LogP) is 3.66. The van der Waals surface area contributed by atoms with Gasteiger partial charge in [-0.2, -0.15) is 0 Å². The summed E-state index contributed by atoms with van der Waals surface area (Å²) in [4.78, 5) is 2.26. The molecule has 0 aliphatic carbocycles. The van der Waals surface area contributed by atoms with Gasteiger partial charge in [0.25, 0.3) is 0 Å². The van der Waals surface area contributed by atoms with Gasteiger partial charge in [-0.25, -0.2) is 4.39 Å². The summed E-state index contributed by atoms with van der Waals surface area (Å²) in [6.07, 6.45) is 2.10. The highest BCUT2D eigenvalue weighted by atomic mass is 35.5. The molecule has 0 radical (unpaired) electrons. The predicted molar refractivity (Wildman–Crippen MR) is 90.5 cm³/mol. The number of anilines is 2. The van der Waals surface area contributed by atoms with Gasteiger partial charge in [-0.15, -0.1) is 12.4 Å². The summed E-state index contributed by atoms with van der Waals surface area (Å²) in [7, 11) is 0. The van der Waals surface area contributed by atoms with E-state index in [2.05, 4.69) is 11.0 Å². The number of nitrogen functional groups attached to an aromatic ring is 1. The molecule has 1 heterocycles. The van der Waals surface area contributed by atoms with Gasteiger partial charge in [0.2, 0.25) is 0 Å². The second-order valence-corrected chi connectivity index (χ2v) is 5.21. The second kappa shape index (κ2) is 7.36. The van der Waals surface area contributed by atoms with E-state index in [1.54, 1.807) is 18.2 Å². The van der Waals surface area contributed by atoms with Crippen molar-refractivity contribution in [3.8, 4) is 5.75 Å². The first-order valence-corrected chi connectivity index (χ1v) is 7.25. The third kappa shape index (κ3) is 3.45. The molecule has 0 fully saturated rings. The Morgan fingerprint density at radius 1 is 1.14 bits per heavy atom. The lowest BCUT2D eigenvalue weighted by molar-refractivity contribution is 0.306. The number of benzene rings is 2. The van der Waals surface area contributed by atoms with Crippen LogP contribution in [-0.2, 0) is 6.42 Å². The van der Waals surface area contributed by atoms with E-state index >= 15 is 0 Å². The molecule has 0 saturated heterocycles. The molecule has 0 unspecified atom stereocenters. The molecular weight excluding hydrogens is 303 g/mol. The minimum Gasteiger partial charge on any atom is -0.489 e. The number of hydrogen-bond acceptors (Lipinski definition) is 3. The fourth-order valence-electron chi connectivity index (χ4n) is 2.79. The average Bonchev–Trinajstić information content (AvgIpc) is 2.50. The van der Waals surface area contributed by atoms with Gasteiger partial charge in [0, 0.05) is 17.9 Å². The van der Waals surface area contributed by atoms with Crippen LogP contribution >= 0.6 is 12.4 Å². The van der Waals surface area contributed by atoms with Crippen LogP contribution in [-0.4, -0.2) is 19.7 Å². The van der Waals surface area contributed by atoms with Gasteiger partial charge in [-0.05, 0) is 42.7 Å². The second-order valence-electron chi connectivity index (χ2n) is 5.21. The molecule has 0 bridgehead atoms. The lowest BCUT2D eigenvalue weighted by atomic mass is 10.00. The summed E-state index contributed by atoms with van der Waals surface area (Å²) in [6.45, 7) is 2.16. The molecule has 2 N–H and O–H groups in total. The third-order valence-corrected chi connectivity index (χ3v) is 3.84.